The molecule has 0 heterocycles. The Morgan fingerprint density at radius 1 is 0.857 bits per heavy atom. The van der Waals surface area contributed by atoms with Crippen molar-refractivity contribution in [2.75, 3.05) is 0 Å². The van der Waals surface area contributed by atoms with Gasteiger partial charge >= 0.3 is 17.1 Å². The van der Waals surface area contributed by atoms with E-state index in [1.54, 1.807) is 12.1 Å². The SMILES string of the molecule is N#CC(C#N)=C1c2ccccc2C2=C([N+](=O)[O-])C([N+](=O)[O-])=C([N+](=O)[O-])C(=O)C12. The molecule has 28 heavy (non-hydrogen) atoms. The number of fused-ring (bicyclic) bond motifs is 3. The molecule has 0 fully saturated rings. The van der Waals surface area contributed by atoms with E-state index in [2.05, 4.69) is 0 Å². The van der Waals surface area contributed by atoms with Crippen LogP contribution in [0.3, 0.4) is 0 Å². The average Bonchev–Trinajstić information content (AvgIpc) is 2.97. The van der Waals surface area contributed by atoms with Crippen LogP contribution in [0.5, 0.6) is 0 Å². The van der Waals surface area contributed by atoms with Crippen LogP contribution in [0.15, 0.2) is 46.9 Å². The summed E-state index contributed by atoms with van der Waals surface area (Å²) in [5.74, 6) is -3.14. The molecular formula is C16H5N5O7. The Balaban J connectivity index is 2.60. The Kier molecular flexibility index (Phi) is 4.02. The highest BCUT2D eigenvalue weighted by Gasteiger charge is 2.59. The summed E-state index contributed by atoms with van der Waals surface area (Å²) in [7, 11) is 0. The third-order valence-electron chi connectivity index (χ3n) is 4.32. The number of carbonyl (C=O) groups excluding carboxylic acids is 1. The first-order valence-corrected chi connectivity index (χ1v) is 7.36. The maximum atomic E-state index is 12.8. The summed E-state index contributed by atoms with van der Waals surface area (Å²) in [6, 6.07) is 8.72. The molecule has 1 unspecified atom stereocenters. The van der Waals surface area contributed by atoms with Crippen LogP contribution < -0.4 is 0 Å². The summed E-state index contributed by atoms with van der Waals surface area (Å²) < 4.78 is 0. The molecule has 0 spiro atoms. The molecule has 0 amide bonds. The average molecular weight is 379 g/mol. The second-order valence-corrected chi connectivity index (χ2v) is 5.59. The fraction of sp³-hybridized carbons (Fsp3) is 0.0625. The quantitative estimate of drug-likeness (QED) is 0.424. The topological polar surface area (TPSA) is 194 Å². The Morgan fingerprint density at radius 2 is 1.36 bits per heavy atom. The van der Waals surface area contributed by atoms with Crippen molar-refractivity contribution in [3.8, 4) is 12.1 Å². The number of nitriles is 2. The van der Waals surface area contributed by atoms with Crippen LogP contribution in [0.4, 0.5) is 0 Å². The van der Waals surface area contributed by atoms with Crippen LogP contribution in [-0.2, 0) is 4.79 Å². The van der Waals surface area contributed by atoms with Crippen molar-refractivity contribution in [1.29, 1.82) is 10.5 Å². The number of hydrogen-bond donors (Lipinski definition) is 0. The molecule has 1 aromatic rings. The molecule has 0 radical (unpaired) electrons. The zero-order valence-corrected chi connectivity index (χ0v) is 13.5. The summed E-state index contributed by atoms with van der Waals surface area (Å²) in [5.41, 5.74) is -5.45. The molecule has 3 rings (SSSR count). The molecule has 0 saturated carbocycles. The molecule has 0 aliphatic heterocycles. The first-order valence-electron chi connectivity index (χ1n) is 7.36. The van der Waals surface area contributed by atoms with Crippen LogP contribution in [-0.4, -0.2) is 20.6 Å². The fourth-order valence-corrected chi connectivity index (χ4v) is 3.39. The standard InChI is InChI=1S/C16H5N5O7/c17-5-7(6-18)10-8-3-1-2-4-9(8)11-12(10)16(22)15(21(27)28)14(20(25)26)13(11)19(23)24/h1-4,12H. The molecule has 0 aromatic heterocycles. The van der Waals surface area contributed by atoms with Gasteiger partial charge in [-0.1, -0.05) is 24.3 Å². The van der Waals surface area contributed by atoms with Crippen LogP contribution >= 0.6 is 0 Å². The van der Waals surface area contributed by atoms with Crippen molar-refractivity contribution < 1.29 is 19.6 Å². The van der Waals surface area contributed by atoms with E-state index in [0.717, 1.165) is 0 Å². The fourth-order valence-electron chi connectivity index (χ4n) is 3.39. The van der Waals surface area contributed by atoms with Crippen molar-refractivity contribution in [1.82, 2.24) is 0 Å². The van der Waals surface area contributed by atoms with E-state index in [1.165, 1.54) is 24.3 Å². The molecular weight excluding hydrogens is 374 g/mol. The Hall–Kier alpha value is -4.71. The van der Waals surface area contributed by atoms with Crippen molar-refractivity contribution in [3.63, 3.8) is 0 Å². The molecule has 136 valence electrons. The van der Waals surface area contributed by atoms with E-state index in [0.29, 0.717) is 0 Å². The number of carbonyl (C=O) groups is 1. The maximum absolute atomic E-state index is 12.8. The minimum absolute atomic E-state index is 0.0206. The van der Waals surface area contributed by atoms with E-state index < -0.39 is 54.7 Å². The minimum atomic E-state index is -1.74. The molecule has 0 bridgehead atoms. The van der Waals surface area contributed by atoms with E-state index in [4.69, 9.17) is 0 Å². The second kappa shape index (κ2) is 6.22. The number of nitrogens with zero attached hydrogens (tertiary/aromatic N) is 5. The number of rotatable bonds is 3. The van der Waals surface area contributed by atoms with E-state index in [1.807, 2.05) is 0 Å². The number of benzene rings is 1. The maximum Gasteiger partial charge on any atom is 0.426 e. The zero-order valence-electron chi connectivity index (χ0n) is 13.5. The summed E-state index contributed by atoms with van der Waals surface area (Å²) in [6.07, 6.45) is 0. The highest BCUT2D eigenvalue weighted by molar-refractivity contribution is 6.19. The third-order valence-corrected chi connectivity index (χ3v) is 4.32. The van der Waals surface area contributed by atoms with E-state index in [9.17, 15) is 45.7 Å². The van der Waals surface area contributed by atoms with Gasteiger partial charge < -0.3 is 0 Å². The number of nitro groups is 3. The number of hydrogen-bond acceptors (Lipinski definition) is 9. The van der Waals surface area contributed by atoms with Gasteiger partial charge in [-0.3, -0.25) is 35.1 Å². The van der Waals surface area contributed by atoms with Gasteiger partial charge in [-0.25, -0.2) is 0 Å². The van der Waals surface area contributed by atoms with Crippen LogP contribution in [0.2, 0.25) is 0 Å². The molecule has 1 atom stereocenters. The summed E-state index contributed by atoms with van der Waals surface area (Å²) in [5, 5.41) is 52.9. The van der Waals surface area contributed by atoms with Crippen molar-refractivity contribution in [3.05, 3.63) is 88.4 Å². The predicted molar refractivity (Wildman–Crippen MR) is 88.0 cm³/mol. The van der Waals surface area contributed by atoms with Crippen LogP contribution in [0.1, 0.15) is 11.1 Å². The molecule has 0 saturated heterocycles. The number of ketones is 1. The van der Waals surface area contributed by atoms with Gasteiger partial charge in [-0.2, -0.15) is 10.5 Å². The Morgan fingerprint density at radius 3 is 1.82 bits per heavy atom. The van der Waals surface area contributed by atoms with Crippen molar-refractivity contribution in [2.24, 2.45) is 5.92 Å². The van der Waals surface area contributed by atoms with Gasteiger partial charge in [0.05, 0.1) is 26.3 Å². The first-order chi connectivity index (χ1) is 13.3. The van der Waals surface area contributed by atoms with Crippen LogP contribution in [0, 0.1) is 58.9 Å². The van der Waals surface area contributed by atoms with Gasteiger partial charge in [0, 0.05) is 5.57 Å². The zero-order chi connectivity index (χ0) is 20.7. The minimum Gasteiger partial charge on any atom is -0.286 e. The monoisotopic (exact) mass is 379 g/mol. The highest BCUT2D eigenvalue weighted by Crippen LogP contribution is 2.53. The van der Waals surface area contributed by atoms with Gasteiger partial charge in [0.2, 0.25) is 0 Å². The first kappa shape index (κ1) is 18.1. The summed E-state index contributed by atoms with van der Waals surface area (Å²) in [4.78, 5) is 43.3. The third kappa shape index (κ3) is 2.26. The Labute approximate surface area is 154 Å². The molecule has 0 N–H and O–H groups in total. The number of allylic oxidation sites excluding steroid dienone is 4. The van der Waals surface area contributed by atoms with Crippen molar-refractivity contribution >= 4 is 16.9 Å². The summed E-state index contributed by atoms with van der Waals surface area (Å²) >= 11 is 0. The molecule has 12 nitrogen and oxygen atoms in total. The normalized spacial score (nSPS) is 17.4. The van der Waals surface area contributed by atoms with Gasteiger partial charge in [-0.15, -0.1) is 0 Å². The summed E-state index contributed by atoms with van der Waals surface area (Å²) in [6.45, 7) is 0. The lowest BCUT2D eigenvalue weighted by molar-refractivity contribution is -0.498. The molecule has 1 aromatic carbocycles. The molecule has 2 aliphatic rings. The molecule has 12 heteroatoms. The highest BCUT2D eigenvalue weighted by atomic mass is 16.7. The predicted octanol–water partition coefficient (Wildman–Crippen LogP) is 1.45. The lowest BCUT2D eigenvalue weighted by atomic mass is 9.82. The van der Waals surface area contributed by atoms with Crippen molar-refractivity contribution in [2.45, 2.75) is 0 Å². The van der Waals surface area contributed by atoms with Gasteiger partial charge in [0.1, 0.15) is 17.7 Å². The second-order valence-electron chi connectivity index (χ2n) is 5.59. The van der Waals surface area contributed by atoms with Gasteiger partial charge in [-0.05, 0) is 11.1 Å². The smallest absolute Gasteiger partial charge is 0.286 e. The van der Waals surface area contributed by atoms with E-state index in [-0.39, 0.29) is 16.7 Å². The lowest BCUT2D eigenvalue weighted by Gasteiger charge is -2.16. The van der Waals surface area contributed by atoms with Gasteiger partial charge in [0.15, 0.2) is 0 Å². The van der Waals surface area contributed by atoms with E-state index >= 15 is 0 Å². The largest absolute Gasteiger partial charge is 0.426 e. The van der Waals surface area contributed by atoms with Gasteiger partial charge in [0.25, 0.3) is 5.78 Å². The molecule has 2 aliphatic carbocycles. The lowest BCUT2D eigenvalue weighted by Crippen LogP contribution is -2.32. The number of Topliss-reactive ketones (excluding diaryl/α,β-unsaturated/α-hetero) is 1. The Bertz CT molecular complexity index is 1180. The van der Waals surface area contributed by atoms with Crippen LogP contribution in [0.25, 0.3) is 11.1 Å².